The minimum Gasteiger partial charge on any atom is -0.496 e. The van der Waals surface area contributed by atoms with Crippen LogP contribution in [-0.2, 0) is 6.61 Å². The Morgan fingerprint density at radius 1 is 1.29 bits per heavy atom. The van der Waals surface area contributed by atoms with Crippen molar-refractivity contribution in [1.82, 2.24) is 0 Å². The molecule has 0 radical (unpaired) electrons. The molecule has 2 aromatic rings. The van der Waals surface area contributed by atoms with Crippen LogP contribution in [0.1, 0.15) is 5.56 Å². The minimum atomic E-state index is -0.923. The Kier molecular flexibility index (Phi) is 4.74. The van der Waals surface area contributed by atoms with Gasteiger partial charge in [-0.25, -0.2) is 0 Å². The third-order valence-corrected chi connectivity index (χ3v) is 3.36. The molecule has 110 valence electrons. The van der Waals surface area contributed by atoms with Crippen LogP contribution < -0.4 is 9.47 Å². The normalized spacial score (nSPS) is 10.2. The zero-order chi connectivity index (χ0) is 15.4. The van der Waals surface area contributed by atoms with Crippen LogP contribution in [0.2, 0.25) is 0 Å². The number of hydrogen-bond acceptors (Lipinski definition) is 4. The van der Waals surface area contributed by atoms with Gasteiger partial charge < -0.3 is 9.47 Å². The molecular formula is C14H11BrFNO4. The summed E-state index contributed by atoms with van der Waals surface area (Å²) < 4.78 is 24.7. The van der Waals surface area contributed by atoms with Gasteiger partial charge in [-0.15, -0.1) is 0 Å². The first-order chi connectivity index (χ1) is 10.0. The van der Waals surface area contributed by atoms with Gasteiger partial charge in [0.25, 0.3) is 0 Å². The van der Waals surface area contributed by atoms with E-state index < -0.39 is 16.4 Å². The molecule has 0 N–H and O–H groups in total. The average molecular weight is 356 g/mol. The summed E-state index contributed by atoms with van der Waals surface area (Å²) in [6, 6.07) is 8.84. The number of halogens is 2. The summed E-state index contributed by atoms with van der Waals surface area (Å²) in [5, 5.41) is 10.5. The zero-order valence-corrected chi connectivity index (χ0v) is 12.6. The zero-order valence-electron chi connectivity index (χ0n) is 11.0. The van der Waals surface area contributed by atoms with Crippen molar-refractivity contribution >= 4 is 21.6 Å². The van der Waals surface area contributed by atoms with E-state index in [1.54, 1.807) is 13.2 Å². The molecule has 0 unspecified atom stereocenters. The Hall–Kier alpha value is -2.15. The van der Waals surface area contributed by atoms with E-state index in [2.05, 4.69) is 15.9 Å². The second kappa shape index (κ2) is 6.53. The van der Waals surface area contributed by atoms with Gasteiger partial charge in [0.15, 0.2) is 0 Å². The van der Waals surface area contributed by atoms with Gasteiger partial charge in [0.1, 0.15) is 18.1 Å². The minimum absolute atomic E-state index is 0.208. The number of nitro benzene ring substituents is 1. The fourth-order valence-electron chi connectivity index (χ4n) is 1.69. The van der Waals surface area contributed by atoms with Crippen molar-refractivity contribution in [2.24, 2.45) is 0 Å². The van der Waals surface area contributed by atoms with Crippen molar-refractivity contribution in [2.45, 2.75) is 6.61 Å². The van der Waals surface area contributed by atoms with Gasteiger partial charge in [-0.3, -0.25) is 10.1 Å². The van der Waals surface area contributed by atoms with Crippen molar-refractivity contribution in [1.29, 1.82) is 0 Å². The summed E-state index contributed by atoms with van der Waals surface area (Å²) in [7, 11) is 1.57. The van der Waals surface area contributed by atoms with Crippen molar-refractivity contribution in [2.75, 3.05) is 7.11 Å². The van der Waals surface area contributed by atoms with E-state index in [0.717, 1.165) is 22.2 Å². The summed E-state index contributed by atoms with van der Waals surface area (Å²) in [6.45, 7) is 0.208. The van der Waals surface area contributed by atoms with Crippen molar-refractivity contribution in [3.05, 3.63) is 62.4 Å². The number of ether oxygens (including phenoxy) is 2. The molecule has 0 aliphatic heterocycles. The fourth-order valence-corrected chi connectivity index (χ4v) is 2.28. The van der Waals surface area contributed by atoms with E-state index in [9.17, 15) is 14.5 Å². The lowest BCUT2D eigenvalue weighted by molar-refractivity contribution is -0.387. The largest absolute Gasteiger partial charge is 0.496 e. The topological polar surface area (TPSA) is 61.6 Å². The summed E-state index contributed by atoms with van der Waals surface area (Å²) in [4.78, 5) is 9.74. The first-order valence-electron chi connectivity index (χ1n) is 5.90. The van der Waals surface area contributed by atoms with Gasteiger partial charge in [-0.05, 0) is 39.7 Å². The molecule has 0 aromatic heterocycles. The molecule has 5 nitrogen and oxygen atoms in total. The maximum Gasteiger partial charge on any atom is 0.305 e. The van der Waals surface area contributed by atoms with E-state index in [1.807, 2.05) is 12.1 Å². The molecule has 0 saturated heterocycles. The predicted molar refractivity (Wildman–Crippen MR) is 78.1 cm³/mol. The highest BCUT2D eigenvalue weighted by Gasteiger charge is 2.14. The molecule has 7 heteroatoms. The lowest BCUT2D eigenvalue weighted by Gasteiger charge is -2.08. The second-order valence-electron chi connectivity index (χ2n) is 4.13. The number of nitro groups is 1. The summed E-state index contributed by atoms with van der Waals surface area (Å²) in [6.07, 6.45) is 0. The monoisotopic (exact) mass is 355 g/mol. The maximum absolute atomic E-state index is 13.4. The number of nitrogens with zero attached hydrogens (tertiary/aromatic N) is 1. The van der Waals surface area contributed by atoms with E-state index in [0.29, 0.717) is 5.75 Å². The van der Waals surface area contributed by atoms with Crippen molar-refractivity contribution in [3.8, 4) is 11.5 Å². The van der Waals surface area contributed by atoms with Gasteiger partial charge in [-0.2, -0.15) is 4.39 Å². The molecule has 0 spiro atoms. The first-order valence-corrected chi connectivity index (χ1v) is 6.69. The van der Waals surface area contributed by atoms with E-state index in [4.69, 9.17) is 9.47 Å². The number of methoxy groups -OCH3 is 1. The highest BCUT2D eigenvalue weighted by atomic mass is 79.9. The van der Waals surface area contributed by atoms with Gasteiger partial charge in [0.05, 0.1) is 16.5 Å². The SMILES string of the molecule is COc1ccc(COc2ccc([N+](=O)[O-])c(F)c2)cc1Br. The third kappa shape index (κ3) is 3.69. The summed E-state index contributed by atoms with van der Waals surface area (Å²) >= 11 is 3.36. The van der Waals surface area contributed by atoms with Gasteiger partial charge >= 0.3 is 5.69 Å². The van der Waals surface area contributed by atoms with Crippen molar-refractivity contribution < 1.29 is 18.8 Å². The molecule has 2 rings (SSSR count). The third-order valence-electron chi connectivity index (χ3n) is 2.74. The molecular weight excluding hydrogens is 345 g/mol. The predicted octanol–water partition coefficient (Wildman–Crippen LogP) is 4.08. The van der Waals surface area contributed by atoms with Crippen LogP contribution in [0.3, 0.4) is 0 Å². The number of rotatable bonds is 5. The Bertz CT molecular complexity index is 678. The van der Waals surface area contributed by atoms with E-state index in [-0.39, 0.29) is 12.4 Å². The maximum atomic E-state index is 13.4. The molecule has 0 heterocycles. The van der Waals surface area contributed by atoms with Crippen LogP contribution in [0.5, 0.6) is 11.5 Å². The Balaban J connectivity index is 2.08. The van der Waals surface area contributed by atoms with Crippen LogP contribution in [-0.4, -0.2) is 12.0 Å². The molecule has 2 aromatic carbocycles. The molecule has 0 aliphatic carbocycles. The van der Waals surface area contributed by atoms with Crippen LogP contribution in [0.4, 0.5) is 10.1 Å². The first kappa shape index (κ1) is 15.2. The molecule has 21 heavy (non-hydrogen) atoms. The average Bonchev–Trinajstić information content (AvgIpc) is 2.45. The Morgan fingerprint density at radius 2 is 2.05 bits per heavy atom. The molecule has 0 aliphatic rings. The van der Waals surface area contributed by atoms with Crippen LogP contribution in [0, 0.1) is 15.9 Å². The van der Waals surface area contributed by atoms with Crippen molar-refractivity contribution in [3.63, 3.8) is 0 Å². The van der Waals surface area contributed by atoms with E-state index >= 15 is 0 Å². The van der Waals surface area contributed by atoms with Crippen LogP contribution in [0.25, 0.3) is 0 Å². The lowest BCUT2D eigenvalue weighted by Crippen LogP contribution is -1.98. The van der Waals surface area contributed by atoms with Crippen LogP contribution >= 0.6 is 15.9 Å². The smallest absolute Gasteiger partial charge is 0.305 e. The highest BCUT2D eigenvalue weighted by Crippen LogP contribution is 2.27. The number of benzene rings is 2. The summed E-state index contributed by atoms with van der Waals surface area (Å²) in [5.74, 6) is -0.00131. The van der Waals surface area contributed by atoms with Gasteiger partial charge in [-0.1, -0.05) is 6.07 Å². The molecule has 0 bridgehead atoms. The lowest BCUT2D eigenvalue weighted by atomic mass is 10.2. The quantitative estimate of drug-likeness (QED) is 0.598. The molecule has 0 fully saturated rings. The second-order valence-corrected chi connectivity index (χ2v) is 4.98. The van der Waals surface area contributed by atoms with E-state index in [1.165, 1.54) is 6.07 Å². The standard InChI is InChI=1S/C14H11BrFNO4/c1-20-14-5-2-9(6-11(14)15)8-21-10-3-4-13(17(18)19)12(16)7-10/h2-7H,8H2,1H3. The Morgan fingerprint density at radius 3 is 2.62 bits per heavy atom. The molecule has 0 atom stereocenters. The molecule has 0 amide bonds. The fraction of sp³-hybridized carbons (Fsp3) is 0.143. The summed E-state index contributed by atoms with van der Waals surface area (Å²) in [5.41, 5.74) is 0.274. The highest BCUT2D eigenvalue weighted by molar-refractivity contribution is 9.10. The number of hydrogen-bond donors (Lipinski definition) is 0. The molecule has 0 saturated carbocycles. The van der Waals surface area contributed by atoms with Gasteiger partial charge in [0.2, 0.25) is 5.82 Å². The van der Waals surface area contributed by atoms with Crippen LogP contribution in [0.15, 0.2) is 40.9 Å². The Labute approximate surface area is 128 Å². The van der Waals surface area contributed by atoms with Gasteiger partial charge in [0, 0.05) is 12.1 Å².